The molecule has 14 heteroatoms. The van der Waals surface area contributed by atoms with Gasteiger partial charge in [0.15, 0.2) is 0 Å². The zero-order valence-corrected chi connectivity index (χ0v) is 30.4. The Morgan fingerprint density at radius 3 is 1.35 bits per heavy atom. The van der Waals surface area contributed by atoms with Gasteiger partial charge in [0.25, 0.3) is 11.1 Å². The number of amides is 2. The molecule has 0 unspecified atom stereocenters. The number of allylic oxidation sites excluding steroid dienone is 2. The predicted octanol–water partition coefficient (Wildman–Crippen LogP) is 1.91. The lowest BCUT2D eigenvalue weighted by Gasteiger charge is -2.38. The maximum atomic E-state index is 12.8. The lowest BCUT2D eigenvalue weighted by Crippen LogP contribution is -2.49. The van der Waals surface area contributed by atoms with Gasteiger partial charge in [0.05, 0.1) is 50.2 Å². The van der Waals surface area contributed by atoms with Crippen LogP contribution in [0, 0.1) is 23.7 Å². The molecule has 0 saturated carbocycles. The van der Waals surface area contributed by atoms with Gasteiger partial charge in [0.1, 0.15) is 0 Å². The van der Waals surface area contributed by atoms with E-state index in [-0.39, 0.29) is 49.2 Å². The van der Waals surface area contributed by atoms with Crippen molar-refractivity contribution >= 4 is 35.9 Å². The van der Waals surface area contributed by atoms with Crippen LogP contribution >= 0.6 is 0 Å². The van der Waals surface area contributed by atoms with Gasteiger partial charge in [-0.3, -0.25) is 28.8 Å². The van der Waals surface area contributed by atoms with Crippen molar-refractivity contribution in [2.75, 3.05) is 27.4 Å². The smallest absolute Gasteiger partial charge is 0.311 e. The average Bonchev–Trinajstić information content (AvgIpc) is 3.55. The molecule has 2 aromatic heterocycles. The number of methoxy groups -OCH3 is 2. The molecular formula is C38H48N4O10. The minimum absolute atomic E-state index is 0.0962. The molecule has 6 rings (SSSR count). The van der Waals surface area contributed by atoms with Crippen LogP contribution in [0.4, 0.5) is 0 Å². The van der Waals surface area contributed by atoms with E-state index >= 15 is 0 Å². The number of fused-ring (bicyclic) bond motifs is 8. The van der Waals surface area contributed by atoms with Gasteiger partial charge >= 0.3 is 11.9 Å². The minimum atomic E-state index is -0.689. The largest absolute Gasteiger partial charge is 0.469 e. The lowest BCUT2D eigenvalue weighted by atomic mass is 9.87. The number of pyridine rings is 2. The number of carbonyl (C=O) groups is 4. The molecule has 0 spiro atoms. The van der Waals surface area contributed by atoms with Gasteiger partial charge in [-0.1, -0.05) is 38.2 Å². The lowest BCUT2D eigenvalue weighted by molar-refractivity contribution is -0.150. The monoisotopic (exact) mass is 720 g/mol. The SMILES string of the molecule is C/C=C/c1ccc2n(c1=O)C[C@H]1[C@H](CO)[C@@H](C(=O)OC)[C@@H]2N1C(=O)CC.C/C=C\c1ccc2n(c1=O)C[C@H]1[C@H](CO)[C@@H](C(=O)OC)[C@@H]2N1C(=O)CC. The molecule has 52 heavy (non-hydrogen) atoms. The molecule has 280 valence electrons. The molecule has 2 aromatic rings. The molecule has 4 aliphatic heterocycles. The summed E-state index contributed by atoms with van der Waals surface area (Å²) in [6.45, 7) is 7.23. The van der Waals surface area contributed by atoms with Gasteiger partial charge in [-0.05, 0) is 38.1 Å². The first-order valence-corrected chi connectivity index (χ1v) is 17.7. The molecule has 4 aliphatic rings. The Hall–Kier alpha value is -4.82. The van der Waals surface area contributed by atoms with Crippen LogP contribution in [-0.4, -0.2) is 92.4 Å². The minimum Gasteiger partial charge on any atom is -0.469 e. The van der Waals surface area contributed by atoms with E-state index in [2.05, 4.69) is 0 Å². The van der Waals surface area contributed by atoms with Crippen LogP contribution in [0.25, 0.3) is 12.2 Å². The van der Waals surface area contributed by atoms with E-state index in [1.165, 1.54) is 14.2 Å². The second-order valence-electron chi connectivity index (χ2n) is 13.4. The number of aromatic nitrogens is 2. The van der Waals surface area contributed by atoms with Gasteiger partial charge in [0.2, 0.25) is 11.8 Å². The molecule has 0 radical (unpaired) electrons. The van der Waals surface area contributed by atoms with Gasteiger partial charge in [0, 0.05) is 73.5 Å². The summed E-state index contributed by atoms with van der Waals surface area (Å²) in [6, 6.07) is 5.00. The fourth-order valence-corrected chi connectivity index (χ4v) is 8.71. The van der Waals surface area contributed by atoms with Crippen molar-refractivity contribution in [1.29, 1.82) is 0 Å². The van der Waals surface area contributed by atoms with Gasteiger partial charge in [-0.15, -0.1) is 0 Å². The van der Waals surface area contributed by atoms with E-state index in [1.807, 2.05) is 13.8 Å². The molecule has 4 bridgehead atoms. The Morgan fingerprint density at radius 2 is 1.06 bits per heavy atom. The highest BCUT2D eigenvalue weighted by molar-refractivity contribution is 5.82. The number of aliphatic hydroxyl groups is 2. The summed E-state index contributed by atoms with van der Waals surface area (Å²) in [4.78, 5) is 79.2. The zero-order valence-electron chi connectivity index (χ0n) is 30.4. The number of nitrogens with zero attached hydrogens (tertiary/aromatic N) is 4. The van der Waals surface area contributed by atoms with Crippen molar-refractivity contribution in [2.45, 2.75) is 77.8 Å². The number of ether oxygens (including phenoxy) is 2. The van der Waals surface area contributed by atoms with Crippen LogP contribution in [0.2, 0.25) is 0 Å². The zero-order chi connectivity index (χ0) is 38.0. The van der Waals surface area contributed by atoms with Crippen LogP contribution < -0.4 is 11.1 Å². The van der Waals surface area contributed by atoms with Crippen molar-refractivity contribution in [1.82, 2.24) is 18.9 Å². The topological polar surface area (TPSA) is 178 Å². The molecule has 8 atom stereocenters. The highest BCUT2D eigenvalue weighted by Crippen LogP contribution is 2.50. The Morgan fingerprint density at radius 1 is 0.692 bits per heavy atom. The third-order valence-corrected chi connectivity index (χ3v) is 11.0. The summed E-state index contributed by atoms with van der Waals surface area (Å²) < 4.78 is 13.2. The molecule has 2 saturated heterocycles. The number of hydrogen-bond donors (Lipinski definition) is 2. The summed E-state index contributed by atoms with van der Waals surface area (Å²) in [5, 5.41) is 19.9. The first-order valence-electron chi connectivity index (χ1n) is 17.7. The fraction of sp³-hybridized carbons (Fsp3) is 0.526. The van der Waals surface area contributed by atoms with E-state index in [0.717, 1.165) is 0 Å². The Kier molecular flexibility index (Phi) is 11.7. The van der Waals surface area contributed by atoms with Crippen molar-refractivity contribution in [2.24, 2.45) is 23.7 Å². The number of hydrogen-bond acceptors (Lipinski definition) is 10. The standard InChI is InChI=1S/2C19H24N2O5/c2*1-4-6-11-7-8-13-17-16(19(25)26-3)12(10-22)14(9-20(13)18(11)24)21(17)15(23)5-2/h2*4,6-8,12,14,16-17,22H,5,9-10H2,1-3H3/b6-4+;6-4-/t2*12-,14-,16+,17+/m00/s1. The van der Waals surface area contributed by atoms with Gasteiger partial charge in [-0.25, -0.2) is 0 Å². The molecule has 6 heterocycles. The molecule has 2 N–H and O–H groups in total. The van der Waals surface area contributed by atoms with Crippen molar-refractivity contribution in [3.63, 3.8) is 0 Å². The summed E-state index contributed by atoms with van der Waals surface area (Å²) in [5.41, 5.74) is 2.05. The molecule has 2 fully saturated rings. The summed E-state index contributed by atoms with van der Waals surface area (Å²) in [5.74, 6) is -3.44. The number of aliphatic hydroxyl groups excluding tert-OH is 2. The molecular weight excluding hydrogens is 672 g/mol. The Balaban J connectivity index is 0.000000201. The van der Waals surface area contributed by atoms with E-state index in [9.17, 15) is 39.0 Å². The number of rotatable bonds is 8. The third-order valence-electron chi connectivity index (χ3n) is 11.0. The Labute approximate surface area is 301 Å². The maximum Gasteiger partial charge on any atom is 0.311 e. The van der Waals surface area contributed by atoms with E-state index in [1.54, 1.807) is 81.4 Å². The van der Waals surface area contributed by atoms with Gasteiger partial charge in [-0.2, -0.15) is 0 Å². The van der Waals surface area contributed by atoms with Crippen LogP contribution in [0.1, 0.15) is 75.1 Å². The van der Waals surface area contributed by atoms with Crippen molar-refractivity contribution in [3.8, 4) is 0 Å². The third kappa shape index (κ3) is 6.21. The Bertz CT molecular complexity index is 1760. The highest BCUT2D eigenvalue weighted by Gasteiger charge is 2.59. The maximum absolute atomic E-state index is 12.8. The van der Waals surface area contributed by atoms with Crippen molar-refractivity contribution < 1.29 is 38.9 Å². The van der Waals surface area contributed by atoms with E-state index in [4.69, 9.17) is 9.47 Å². The van der Waals surface area contributed by atoms with Crippen LogP contribution in [0.5, 0.6) is 0 Å². The molecule has 2 amide bonds. The van der Waals surface area contributed by atoms with Gasteiger partial charge < -0.3 is 38.6 Å². The van der Waals surface area contributed by atoms with Crippen LogP contribution in [-0.2, 0) is 41.7 Å². The normalized spacial score (nSPS) is 26.8. The molecule has 0 aliphatic carbocycles. The molecule has 0 aromatic carbocycles. The number of esters is 2. The average molecular weight is 721 g/mol. The fourth-order valence-electron chi connectivity index (χ4n) is 8.71. The summed E-state index contributed by atoms with van der Waals surface area (Å²) in [7, 11) is 2.60. The summed E-state index contributed by atoms with van der Waals surface area (Å²) >= 11 is 0. The second-order valence-corrected chi connectivity index (χ2v) is 13.4. The van der Waals surface area contributed by atoms with Crippen LogP contribution in [0.3, 0.4) is 0 Å². The first-order chi connectivity index (χ1) is 25.0. The van der Waals surface area contributed by atoms with Crippen molar-refractivity contribution in [3.05, 3.63) is 79.6 Å². The predicted molar refractivity (Wildman–Crippen MR) is 190 cm³/mol. The quantitative estimate of drug-likeness (QED) is 0.383. The number of carbonyl (C=O) groups excluding carboxylic acids is 4. The first kappa shape index (κ1) is 38.4. The second kappa shape index (κ2) is 15.8. The van der Waals surface area contributed by atoms with E-state index in [0.29, 0.717) is 35.4 Å². The summed E-state index contributed by atoms with van der Waals surface area (Å²) in [6.07, 6.45) is 7.65. The molecule has 14 nitrogen and oxygen atoms in total. The van der Waals surface area contributed by atoms with Crippen LogP contribution in [0.15, 0.2) is 46.0 Å². The highest BCUT2D eigenvalue weighted by atomic mass is 16.5. The van der Waals surface area contributed by atoms with E-state index < -0.39 is 59.8 Å².